The van der Waals surface area contributed by atoms with Crippen molar-refractivity contribution >= 4 is 23.3 Å². The molecule has 21 heteroatoms. The van der Waals surface area contributed by atoms with Crippen LogP contribution in [-0.4, -0.2) is 71.6 Å². The average molecular weight is 706 g/mol. The second-order valence-electron chi connectivity index (χ2n) is 10.1. The molecule has 47 heavy (non-hydrogen) atoms. The van der Waals surface area contributed by atoms with E-state index in [1.54, 1.807) is 0 Å². The fourth-order valence-corrected chi connectivity index (χ4v) is 4.53. The predicted octanol–water partition coefficient (Wildman–Crippen LogP) is 7.67. The Labute approximate surface area is 255 Å². The molecule has 1 aliphatic heterocycles. The normalized spacial score (nSPS) is 18.5. The second kappa shape index (κ2) is 13.3. The molecule has 0 spiro atoms. The number of nitrogens with zero attached hydrogens (tertiary/aromatic N) is 2. The number of nitro benzene ring substituents is 1. The van der Waals surface area contributed by atoms with E-state index >= 15 is 0 Å². The first-order chi connectivity index (χ1) is 21.2. The molecular weight excluding hydrogens is 683 g/mol. The molecule has 0 N–H and O–H groups in total. The number of carbonyl (C=O) groups is 2. The van der Waals surface area contributed by atoms with E-state index in [-0.39, 0.29) is 23.6 Å². The lowest BCUT2D eigenvalue weighted by molar-refractivity contribution is -0.440. The molecule has 0 aromatic heterocycles. The van der Waals surface area contributed by atoms with Gasteiger partial charge in [-0.05, 0) is 32.8 Å². The SMILES string of the molecule is CCOC(=O)C1C(C)=NC(C)=C(C(=O)OCCCC(F)(F)C(F)(F)C(F)(F)C(F)(F)C(F)(F)C(F)(F)F)C1c1cccc([N+](=O)[O-])c1. The Hall–Kier alpha value is -3.94. The summed E-state index contributed by atoms with van der Waals surface area (Å²) in [6.45, 7) is 2.40. The number of carbonyl (C=O) groups excluding carboxylic acids is 2. The molecule has 2 atom stereocenters. The fraction of sp³-hybridized carbons (Fsp3) is 0.577. The summed E-state index contributed by atoms with van der Waals surface area (Å²) in [6.07, 6.45) is -11.7. The van der Waals surface area contributed by atoms with Crippen molar-refractivity contribution in [2.75, 3.05) is 13.2 Å². The molecule has 0 fully saturated rings. The van der Waals surface area contributed by atoms with Crippen molar-refractivity contribution in [1.29, 1.82) is 0 Å². The number of hydrogen-bond donors (Lipinski definition) is 0. The van der Waals surface area contributed by atoms with Crippen LogP contribution in [0.2, 0.25) is 0 Å². The van der Waals surface area contributed by atoms with Crippen molar-refractivity contribution in [2.45, 2.75) is 75.3 Å². The summed E-state index contributed by atoms with van der Waals surface area (Å²) in [6, 6.07) is 4.46. The van der Waals surface area contributed by atoms with Gasteiger partial charge in [-0.25, -0.2) is 4.79 Å². The molecule has 0 radical (unpaired) electrons. The standard InChI is InChI=1S/C26H23F13N2O6/c1-4-46-19(42)16-12(2)40-13(3)17(18(16)14-7-5-8-15(11-14)41(44)45)20(43)47-10-6-9-21(27,28)22(29,30)23(31,32)24(33,34)25(35,36)26(37,38)39/h5,7-8,11,16,18H,4,6,9-10H2,1-3H3. The Balaban J connectivity index is 2.36. The molecule has 0 amide bonds. The molecule has 0 saturated heterocycles. The highest BCUT2D eigenvalue weighted by molar-refractivity contribution is 6.07. The van der Waals surface area contributed by atoms with Crippen LogP contribution in [0.3, 0.4) is 0 Å². The molecule has 1 heterocycles. The highest BCUT2D eigenvalue weighted by atomic mass is 19.4. The third-order valence-electron chi connectivity index (χ3n) is 6.90. The first-order valence-electron chi connectivity index (χ1n) is 13.0. The number of allylic oxidation sites excluding steroid dienone is 1. The smallest absolute Gasteiger partial charge is 0.460 e. The van der Waals surface area contributed by atoms with E-state index in [2.05, 4.69) is 4.99 Å². The fourth-order valence-electron chi connectivity index (χ4n) is 4.53. The maximum absolute atomic E-state index is 14.1. The van der Waals surface area contributed by atoms with Gasteiger partial charge in [-0.2, -0.15) is 57.1 Å². The van der Waals surface area contributed by atoms with Crippen LogP contribution in [0.15, 0.2) is 40.5 Å². The largest absolute Gasteiger partial charge is 0.465 e. The molecular formula is C26H23F13N2O6. The molecule has 2 unspecified atom stereocenters. The van der Waals surface area contributed by atoms with E-state index in [0.29, 0.717) is 0 Å². The first-order valence-corrected chi connectivity index (χ1v) is 13.0. The van der Waals surface area contributed by atoms with Crippen molar-refractivity contribution in [3.63, 3.8) is 0 Å². The number of ether oxygens (including phenoxy) is 2. The van der Waals surface area contributed by atoms with E-state index in [0.717, 1.165) is 12.1 Å². The Bertz CT molecular complexity index is 1440. The van der Waals surface area contributed by atoms with Crippen LogP contribution in [0.5, 0.6) is 0 Å². The third-order valence-corrected chi connectivity index (χ3v) is 6.90. The number of benzene rings is 1. The summed E-state index contributed by atoms with van der Waals surface area (Å²) >= 11 is 0. The Morgan fingerprint density at radius 3 is 1.94 bits per heavy atom. The molecule has 1 aromatic rings. The van der Waals surface area contributed by atoms with Crippen LogP contribution in [0, 0.1) is 16.0 Å². The number of aliphatic imine (C=N–C) groups is 1. The number of halogens is 13. The van der Waals surface area contributed by atoms with Crippen molar-refractivity contribution in [2.24, 2.45) is 10.9 Å². The number of nitro groups is 1. The van der Waals surface area contributed by atoms with E-state index < -0.39 is 95.2 Å². The van der Waals surface area contributed by atoms with Gasteiger partial charge in [-0.1, -0.05) is 12.1 Å². The van der Waals surface area contributed by atoms with Crippen molar-refractivity contribution in [3.05, 3.63) is 51.2 Å². The van der Waals surface area contributed by atoms with Gasteiger partial charge in [0.05, 0.1) is 23.7 Å². The lowest BCUT2D eigenvalue weighted by atomic mass is 9.75. The Kier molecular flexibility index (Phi) is 11.1. The zero-order valence-corrected chi connectivity index (χ0v) is 24.0. The topological polar surface area (TPSA) is 108 Å². The molecule has 0 saturated carbocycles. The monoisotopic (exact) mass is 706 g/mol. The van der Waals surface area contributed by atoms with Gasteiger partial charge in [0.2, 0.25) is 0 Å². The van der Waals surface area contributed by atoms with Gasteiger partial charge in [-0.15, -0.1) is 0 Å². The molecule has 264 valence electrons. The number of rotatable bonds is 13. The number of hydrogen-bond acceptors (Lipinski definition) is 7. The summed E-state index contributed by atoms with van der Waals surface area (Å²) in [7, 11) is 0. The summed E-state index contributed by atoms with van der Waals surface area (Å²) in [5, 5.41) is 11.3. The Morgan fingerprint density at radius 2 is 1.43 bits per heavy atom. The quantitative estimate of drug-likeness (QED) is 0.0686. The molecule has 0 aliphatic carbocycles. The lowest BCUT2D eigenvalue weighted by Gasteiger charge is -2.39. The van der Waals surface area contributed by atoms with E-state index in [1.165, 1.54) is 32.9 Å². The van der Waals surface area contributed by atoms with Gasteiger partial charge in [-0.3, -0.25) is 19.9 Å². The van der Waals surface area contributed by atoms with Gasteiger partial charge in [0.25, 0.3) is 5.69 Å². The van der Waals surface area contributed by atoms with Crippen LogP contribution < -0.4 is 0 Å². The van der Waals surface area contributed by atoms with E-state index in [9.17, 15) is 76.8 Å². The minimum atomic E-state index is -8.04. The van der Waals surface area contributed by atoms with Gasteiger partial charge >= 0.3 is 47.7 Å². The molecule has 1 aliphatic rings. The van der Waals surface area contributed by atoms with Crippen LogP contribution in [0.25, 0.3) is 0 Å². The van der Waals surface area contributed by atoms with E-state index in [1.807, 2.05) is 0 Å². The third kappa shape index (κ3) is 7.02. The van der Waals surface area contributed by atoms with Crippen LogP contribution in [-0.2, 0) is 19.1 Å². The Morgan fingerprint density at radius 1 is 0.872 bits per heavy atom. The minimum absolute atomic E-state index is 0.0460. The zero-order valence-electron chi connectivity index (χ0n) is 24.0. The molecule has 8 nitrogen and oxygen atoms in total. The average Bonchev–Trinajstić information content (AvgIpc) is 2.93. The number of esters is 2. The molecule has 0 bridgehead atoms. The van der Waals surface area contributed by atoms with Crippen molar-refractivity contribution < 1.29 is 81.1 Å². The van der Waals surface area contributed by atoms with Crippen molar-refractivity contribution in [1.82, 2.24) is 0 Å². The van der Waals surface area contributed by atoms with Gasteiger partial charge < -0.3 is 9.47 Å². The summed E-state index contributed by atoms with van der Waals surface area (Å²) in [5.41, 5.74) is -1.22. The highest BCUT2D eigenvalue weighted by Crippen LogP contribution is 2.60. The van der Waals surface area contributed by atoms with Crippen LogP contribution in [0.4, 0.5) is 62.8 Å². The van der Waals surface area contributed by atoms with Crippen LogP contribution >= 0.6 is 0 Å². The maximum atomic E-state index is 14.1. The van der Waals surface area contributed by atoms with Gasteiger partial charge in [0.15, 0.2) is 0 Å². The summed E-state index contributed by atoms with van der Waals surface area (Å²) in [4.78, 5) is 40.5. The van der Waals surface area contributed by atoms with E-state index in [4.69, 9.17) is 9.47 Å². The molecule has 1 aromatic carbocycles. The highest BCUT2D eigenvalue weighted by Gasteiger charge is 2.90. The number of non-ortho nitro benzene ring substituents is 1. The lowest BCUT2D eigenvalue weighted by Crippen LogP contribution is -2.70. The molecule has 2 rings (SSSR count). The zero-order chi connectivity index (χ0) is 36.6. The van der Waals surface area contributed by atoms with Gasteiger partial charge in [0.1, 0.15) is 5.92 Å². The number of alkyl halides is 13. The van der Waals surface area contributed by atoms with Crippen LogP contribution in [0.1, 0.15) is 45.1 Å². The predicted molar refractivity (Wildman–Crippen MR) is 133 cm³/mol. The summed E-state index contributed by atoms with van der Waals surface area (Å²) < 4.78 is 183. The van der Waals surface area contributed by atoms with Gasteiger partial charge in [0, 0.05) is 35.9 Å². The second-order valence-corrected chi connectivity index (χ2v) is 10.1. The minimum Gasteiger partial charge on any atom is -0.465 e. The maximum Gasteiger partial charge on any atom is 0.460 e. The van der Waals surface area contributed by atoms with Crippen molar-refractivity contribution in [3.8, 4) is 0 Å². The summed E-state index contributed by atoms with van der Waals surface area (Å²) in [5.74, 6) is -43.1. The first kappa shape index (κ1) is 39.2.